The maximum Gasteiger partial charge on any atom is 0.240 e. The van der Waals surface area contributed by atoms with Crippen molar-refractivity contribution in [1.82, 2.24) is 10.6 Å². The molecule has 2 N–H and O–H groups in total. The van der Waals surface area contributed by atoms with Gasteiger partial charge in [-0.25, -0.2) is 0 Å². The first-order valence-corrected chi connectivity index (χ1v) is 4.72. The topological polar surface area (TPSA) is 41.1 Å². The Bertz CT molecular complexity index is 170. The van der Waals surface area contributed by atoms with Crippen LogP contribution in [0.1, 0.15) is 33.1 Å². The number of rotatable bonds is 2. The van der Waals surface area contributed by atoms with E-state index < -0.39 is 0 Å². The molecule has 0 aromatic heterocycles. The van der Waals surface area contributed by atoms with E-state index in [2.05, 4.69) is 17.6 Å². The summed E-state index contributed by atoms with van der Waals surface area (Å²) in [6, 6.07) is 0. The van der Waals surface area contributed by atoms with Crippen molar-refractivity contribution >= 4 is 5.91 Å². The minimum absolute atomic E-state index is 0.154. The third-order valence-electron chi connectivity index (χ3n) is 2.41. The number of carbonyl (C=O) groups excluding carboxylic acids is 1. The molecule has 1 fully saturated rings. The normalized spacial score (nSPS) is 31.0. The number of hydrogen-bond donors (Lipinski definition) is 2. The fourth-order valence-electron chi connectivity index (χ4n) is 1.63. The molecule has 3 nitrogen and oxygen atoms in total. The predicted octanol–water partition coefficient (Wildman–Crippen LogP) is 0.655. The van der Waals surface area contributed by atoms with Crippen molar-refractivity contribution in [2.24, 2.45) is 0 Å². The highest BCUT2D eigenvalue weighted by molar-refractivity contribution is 5.86. The lowest BCUT2D eigenvalue weighted by atomic mass is 9.95. The van der Waals surface area contributed by atoms with Gasteiger partial charge in [-0.05, 0) is 26.3 Å². The van der Waals surface area contributed by atoms with Gasteiger partial charge in [0.15, 0.2) is 0 Å². The van der Waals surface area contributed by atoms with Crippen molar-refractivity contribution in [3.63, 3.8) is 0 Å². The molecule has 0 aromatic rings. The summed E-state index contributed by atoms with van der Waals surface area (Å²) >= 11 is 0. The van der Waals surface area contributed by atoms with Crippen LogP contribution in [0.25, 0.3) is 0 Å². The lowest BCUT2D eigenvalue weighted by molar-refractivity contribution is -0.126. The van der Waals surface area contributed by atoms with Crippen molar-refractivity contribution in [2.75, 3.05) is 13.1 Å². The van der Waals surface area contributed by atoms with E-state index >= 15 is 0 Å². The zero-order valence-electron chi connectivity index (χ0n) is 7.94. The van der Waals surface area contributed by atoms with Gasteiger partial charge >= 0.3 is 0 Å². The first-order valence-electron chi connectivity index (χ1n) is 4.72. The molecule has 0 radical (unpaired) electrons. The van der Waals surface area contributed by atoms with Gasteiger partial charge in [-0.2, -0.15) is 0 Å². The molecule has 70 valence electrons. The Labute approximate surface area is 73.9 Å². The van der Waals surface area contributed by atoms with E-state index in [-0.39, 0.29) is 11.4 Å². The highest BCUT2D eigenvalue weighted by atomic mass is 16.2. The van der Waals surface area contributed by atoms with Gasteiger partial charge in [-0.1, -0.05) is 13.3 Å². The molecule has 0 spiro atoms. The van der Waals surface area contributed by atoms with Gasteiger partial charge in [0.2, 0.25) is 5.91 Å². The summed E-state index contributed by atoms with van der Waals surface area (Å²) in [6.07, 6.45) is 2.99. The van der Waals surface area contributed by atoms with Crippen LogP contribution in [0.2, 0.25) is 0 Å². The minimum atomic E-state index is -0.328. The number of nitrogens with one attached hydrogen (secondary N) is 2. The van der Waals surface area contributed by atoms with Gasteiger partial charge in [-0.3, -0.25) is 4.79 Å². The van der Waals surface area contributed by atoms with E-state index in [9.17, 15) is 4.79 Å². The van der Waals surface area contributed by atoms with Crippen LogP contribution in [0, 0.1) is 0 Å². The fourth-order valence-corrected chi connectivity index (χ4v) is 1.63. The highest BCUT2D eigenvalue weighted by Gasteiger charge is 2.32. The fraction of sp³-hybridized carbons (Fsp3) is 0.889. The van der Waals surface area contributed by atoms with E-state index in [4.69, 9.17) is 0 Å². The lowest BCUT2D eigenvalue weighted by Crippen LogP contribution is -2.52. The molecule has 1 heterocycles. The second kappa shape index (κ2) is 3.90. The molecule has 1 saturated heterocycles. The zero-order valence-corrected chi connectivity index (χ0v) is 7.94. The zero-order chi connectivity index (χ0) is 9.03. The minimum Gasteiger partial charge on any atom is -0.354 e. The third-order valence-corrected chi connectivity index (χ3v) is 2.41. The van der Waals surface area contributed by atoms with E-state index in [0.29, 0.717) is 0 Å². The summed E-state index contributed by atoms with van der Waals surface area (Å²) in [5.74, 6) is 0.154. The van der Waals surface area contributed by atoms with Crippen molar-refractivity contribution < 1.29 is 4.79 Å². The van der Waals surface area contributed by atoms with E-state index in [1.165, 1.54) is 0 Å². The van der Waals surface area contributed by atoms with Crippen LogP contribution >= 0.6 is 0 Å². The van der Waals surface area contributed by atoms with Gasteiger partial charge in [0.1, 0.15) is 0 Å². The first kappa shape index (κ1) is 9.52. The monoisotopic (exact) mass is 170 g/mol. The summed E-state index contributed by atoms with van der Waals surface area (Å²) in [6.45, 7) is 5.84. The molecule has 1 aliphatic rings. The van der Waals surface area contributed by atoms with Crippen LogP contribution < -0.4 is 10.6 Å². The molecule has 0 aliphatic carbocycles. The van der Waals surface area contributed by atoms with Crippen LogP contribution in [-0.4, -0.2) is 24.5 Å². The molecule has 1 unspecified atom stereocenters. The first-order chi connectivity index (χ1) is 5.69. The van der Waals surface area contributed by atoms with Gasteiger partial charge in [0.25, 0.3) is 0 Å². The Kier molecular flexibility index (Phi) is 3.09. The van der Waals surface area contributed by atoms with Crippen LogP contribution in [0.5, 0.6) is 0 Å². The van der Waals surface area contributed by atoms with E-state index in [0.717, 1.165) is 32.4 Å². The second-order valence-corrected chi connectivity index (χ2v) is 3.62. The number of hydrogen-bond acceptors (Lipinski definition) is 2. The van der Waals surface area contributed by atoms with Crippen LogP contribution in [0.15, 0.2) is 0 Å². The van der Waals surface area contributed by atoms with E-state index in [1.54, 1.807) is 0 Å². The van der Waals surface area contributed by atoms with Crippen LogP contribution in [-0.2, 0) is 4.79 Å². The molecule has 3 heteroatoms. The standard InChI is InChI=1S/C9H18N2O/c1-3-5-9(2)8(12)10-6-4-7-11-9/h11H,3-7H2,1-2H3,(H,10,12). The maximum atomic E-state index is 11.6. The molecule has 0 aromatic carbocycles. The maximum absolute atomic E-state index is 11.6. The Morgan fingerprint density at radius 1 is 1.50 bits per heavy atom. The Morgan fingerprint density at radius 3 is 2.92 bits per heavy atom. The third kappa shape index (κ3) is 1.97. The van der Waals surface area contributed by atoms with Crippen molar-refractivity contribution in [1.29, 1.82) is 0 Å². The van der Waals surface area contributed by atoms with Crippen molar-refractivity contribution in [3.05, 3.63) is 0 Å². The molecular weight excluding hydrogens is 152 g/mol. The summed E-state index contributed by atoms with van der Waals surface area (Å²) in [4.78, 5) is 11.6. The summed E-state index contributed by atoms with van der Waals surface area (Å²) < 4.78 is 0. The van der Waals surface area contributed by atoms with Crippen LogP contribution in [0.3, 0.4) is 0 Å². The van der Waals surface area contributed by atoms with Gasteiger partial charge in [0, 0.05) is 6.54 Å². The van der Waals surface area contributed by atoms with Crippen molar-refractivity contribution in [2.45, 2.75) is 38.6 Å². The summed E-state index contributed by atoms with van der Waals surface area (Å²) in [5, 5.41) is 6.22. The summed E-state index contributed by atoms with van der Waals surface area (Å²) in [7, 11) is 0. The quantitative estimate of drug-likeness (QED) is 0.639. The van der Waals surface area contributed by atoms with Gasteiger partial charge in [0.05, 0.1) is 5.54 Å². The molecule has 12 heavy (non-hydrogen) atoms. The summed E-state index contributed by atoms with van der Waals surface area (Å²) in [5.41, 5.74) is -0.328. The Morgan fingerprint density at radius 2 is 2.25 bits per heavy atom. The van der Waals surface area contributed by atoms with E-state index in [1.807, 2.05) is 6.92 Å². The molecule has 1 amide bonds. The van der Waals surface area contributed by atoms with Gasteiger partial charge in [-0.15, -0.1) is 0 Å². The molecular formula is C9H18N2O. The lowest BCUT2D eigenvalue weighted by Gasteiger charge is -2.26. The molecule has 0 bridgehead atoms. The molecule has 1 atom stereocenters. The number of carbonyl (C=O) groups is 1. The SMILES string of the molecule is CCCC1(C)NCCCNC1=O. The molecule has 1 rings (SSSR count). The number of amides is 1. The largest absolute Gasteiger partial charge is 0.354 e. The Hall–Kier alpha value is -0.570. The van der Waals surface area contributed by atoms with Gasteiger partial charge < -0.3 is 10.6 Å². The van der Waals surface area contributed by atoms with Crippen molar-refractivity contribution in [3.8, 4) is 0 Å². The Balaban J connectivity index is 2.62. The molecule has 0 saturated carbocycles. The predicted molar refractivity (Wildman–Crippen MR) is 48.9 cm³/mol. The average molecular weight is 170 g/mol. The molecule has 1 aliphatic heterocycles. The van der Waals surface area contributed by atoms with Crippen LogP contribution in [0.4, 0.5) is 0 Å². The average Bonchev–Trinajstić information content (AvgIpc) is 2.17. The second-order valence-electron chi connectivity index (χ2n) is 3.62. The smallest absolute Gasteiger partial charge is 0.240 e. The highest BCUT2D eigenvalue weighted by Crippen LogP contribution is 2.13.